The number of rotatable bonds is 3. The van der Waals surface area contributed by atoms with Crippen LogP contribution in [0.15, 0.2) is 0 Å². The average Bonchev–Trinajstić information content (AvgIpc) is 2.67. The molecule has 1 atom stereocenters. The zero-order valence-electron chi connectivity index (χ0n) is 13.1. The SMILES string of the molecule is COC1(C(O)C2CCCCCC2)CCC(C)(C)CC1. The third kappa shape index (κ3) is 3.52. The molecule has 1 N–H and O–H groups in total. The van der Waals surface area contributed by atoms with Gasteiger partial charge in [-0.05, 0) is 49.9 Å². The minimum absolute atomic E-state index is 0.258. The highest BCUT2D eigenvalue weighted by Crippen LogP contribution is 2.46. The molecule has 2 nitrogen and oxygen atoms in total. The number of aliphatic hydroxyl groups is 1. The van der Waals surface area contributed by atoms with Gasteiger partial charge in [-0.1, -0.05) is 39.5 Å². The van der Waals surface area contributed by atoms with Crippen LogP contribution in [0, 0.1) is 11.3 Å². The Balaban J connectivity index is 2.03. The minimum atomic E-state index is -0.259. The Morgan fingerprint density at radius 3 is 1.95 bits per heavy atom. The third-order valence-electron chi connectivity index (χ3n) is 5.74. The summed E-state index contributed by atoms with van der Waals surface area (Å²) in [6, 6.07) is 0. The van der Waals surface area contributed by atoms with Gasteiger partial charge in [0.05, 0.1) is 11.7 Å². The highest BCUT2D eigenvalue weighted by Gasteiger charge is 2.46. The first-order valence-corrected chi connectivity index (χ1v) is 8.22. The van der Waals surface area contributed by atoms with Crippen molar-refractivity contribution in [2.75, 3.05) is 7.11 Å². The van der Waals surface area contributed by atoms with Crippen molar-refractivity contribution in [2.24, 2.45) is 11.3 Å². The molecule has 0 bridgehead atoms. The van der Waals surface area contributed by atoms with Gasteiger partial charge in [-0.15, -0.1) is 0 Å². The second-order valence-corrected chi connectivity index (χ2v) is 7.63. The molecule has 112 valence electrons. The van der Waals surface area contributed by atoms with Crippen LogP contribution < -0.4 is 0 Å². The van der Waals surface area contributed by atoms with Gasteiger partial charge in [-0.25, -0.2) is 0 Å². The normalized spacial score (nSPS) is 29.7. The number of hydrogen-bond donors (Lipinski definition) is 1. The Morgan fingerprint density at radius 1 is 0.947 bits per heavy atom. The molecule has 0 heterocycles. The lowest BCUT2D eigenvalue weighted by atomic mass is 9.66. The van der Waals surface area contributed by atoms with Gasteiger partial charge in [0, 0.05) is 7.11 Å². The maximum atomic E-state index is 10.9. The second-order valence-electron chi connectivity index (χ2n) is 7.63. The summed E-state index contributed by atoms with van der Waals surface area (Å²) in [4.78, 5) is 0. The second kappa shape index (κ2) is 6.13. The van der Waals surface area contributed by atoms with E-state index < -0.39 is 0 Å². The number of aliphatic hydroxyl groups excluding tert-OH is 1. The van der Waals surface area contributed by atoms with Gasteiger partial charge in [0.2, 0.25) is 0 Å². The molecule has 2 fully saturated rings. The van der Waals surface area contributed by atoms with E-state index in [1.165, 1.54) is 51.4 Å². The first kappa shape index (κ1) is 15.3. The molecule has 0 amide bonds. The first-order valence-electron chi connectivity index (χ1n) is 8.22. The Labute approximate surface area is 118 Å². The van der Waals surface area contributed by atoms with Crippen LogP contribution in [0.4, 0.5) is 0 Å². The highest BCUT2D eigenvalue weighted by molar-refractivity contribution is 4.97. The maximum Gasteiger partial charge on any atom is 0.0939 e. The van der Waals surface area contributed by atoms with E-state index in [0.717, 1.165) is 12.8 Å². The summed E-state index contributed by atoms with van der Waals surface area (Å²) >= 11 is 0. The summed E-state index contributed by atoms with van der Waals surface area (Å²) in [6.07, 6.45) is 11.8. The molecule has 0 saturated heterocycles. The lowest BCUT2D eigenvalue weighted by Crippen LogP contribution is -2.51. The Kier molecular flexibility index (Phi) is 4.94. The minimum Gasteiger partial charge on any atom is -0.390 e. The van der Waals surface area contributed by atoms with Crippen LogP contribution in [0.5, 0.6) is 0 Å². The molecule has 0 aromatic heterocycles. The van der Waals surface area contributed by atoms with Gasteiger partial charge < -0.3 is 9.84 Å². The van der Waals surface area contributed by atoms with Gasteiger partial charge in [-0.3, -0.25) is 0 Å². The van der Waals surface area contributed by atoms with Gasteiger partial charge in [0.25, 0.3) is 0 Å². The molecule has 2 aliphatic rings. The van der Waals surface area contributed by atoms with E-state index in [4.69, 9.17) is 4.74 Å². The Morgan fingerprint density at radius 2 is 1.47 bits per heavy atom. The van der Waals surface area contributed by atoms with Gasteiger partial charge >= 0.3 is 0 Å². The van der Waals surface area contributed by atoms with Crippen molar-refractivity contribution in [1.82, 2.24) is 0 Å². The molecule has 0 aromatic carbocycles. The smallest absolute Gasteiger partial charge is 0.0939 e. The summed E-state index contributed by atoms with van der Waals surface area (Å²) in [5, 5.41) is 10.9. The Hall–Kier alpha value is -0.0800. The topological polar surface area (TPSA) is 29.5 Å². The summed E-state index contributed by atoms with van der Waals surface area (Å²) < 4.78 is 5.88. The summed E-state index contributed by atoms with van der Waals surface area (Å²) in [6.45, 7) is 4.68. The Bertz CT molecular complexity index is 267. The zero-order chi connectivity index (χ0) is 13.9. The fraction of sp³-hybridized carbons (Fsp3) is 1.00. The lowest BCUT2D eigenvalue weighted by molar-refractivity contribution is -0.155. The van der Waals surface area contributed by atoms with Crippen LogP contribution in [0.2, 0.25) is 0 Å². The lowest BCUT2D eigenvalue weighted by Gasteiger charge is -2.47. The van der Waals surface area contributed by atoms with Crippen LogP contribution in [0.1, 0.15) is 78.1 Å². The average molecular weight is 268 g/mol. The van der Waals surface area contributed by atoms with Crippen molar-refractivity contribution in [1.29, 1.82) is 0 Å². The van der Waals surface area contributed by atoms with Gasteiger partial charge in [0.15, 0.2) is 0 Å². The predicted octanol–water partition coefficient (Wildman–Crippen LogP) is 4.30. The van der Waals surface area contributed by atoms with E-state index >= 15 is 0 Å². The van der Waals surface area contributed by atoms with Gasteiger partial charge in [0.1, 0.15) is 0 Å². The van der Waals surface area contributed by atoms with E-state index in [2.05, 4.69) is 13.8 Å². The van der Waals surface area contributed by atoms with Crippen molar-refractivity contribution in [3.8, 4) is 0 Å². The molecular formula is C17H32O2. The summed E-state index contributed by atoms with van der Waals surface area (Å²) in [7, 11) is 1.80. The fourth-order valence-electron chi connectivity index (χ4n) is 4.03. The predicted molar refractivity (Wildman–Crippen MR) is 79.2 cm³/mol. The number of hydrogen-bond acceptors (Lipinski definition) is 2. The van der Waals surface area contributed by atoms with Crippen LogP contribution in [-0.4, -0.2) is 23.9 Å². The van der Waals surface area contributed by atoms with E-state index in [-0.39, 0.29) is 11.7 Å². The van der Waals surface area contributed by atoms with Crippen molar-refractivity contribution in [3.63, 3.8) is 0 Å². The van der Waals surface area contributed by atoms with Crippen LogP contribution >= 0.6 is 0 Å². The molecule has 2 heteroatoms. The van der Waals surface area contributed by atoms with Crippen molar-refractivity contribution in [3.05, 3.63) is 0 Å². The van der Waals surface area contributed by atoms with Gasteiger partial charge in [-0.2, -0.15) is 0 Å². The summed E-state index contributed by atoms with van der Waals surface area (Å²) in [5.41, 5.74) is 0.162. The molecule has 2 aliphatic carbocycles. The van der Waals surface area contributed by atoms with Crippen LogP contribution in [0.25, 0.3) is 0 Å². The highest BCUT2D eigenvalue weighted by atomic mass is 16.5. The van der Waals surface area contributed by atoms with Crippen molar-refractivity contribution in [2.45, 2.75) is 89.8 Å². The fourth-order valence-corrected chi connectivity index (χ4v) is 4.03. The third-order valence-corrected chi connectivity index (χ3v) is 5.74. The monoisotopic (exact) mass is 268 g/mol. The van der Waals surface area contributed by atoms with Crippen molar-refractivity contribution >= 4 is 0 Å². The zero-order valence-corrected chi connectivity index (χ0v) is 13.1. The molecule has 19 heavy (non-hydrogen) atoms. The molecule has 2 saturated carbocycles. The molecule has 0 aliphatic heterocycles. The van der Waals surface area contributed by atoms with E-state index in [9.17, 15) is 5.11 Å². The van der Waals surface area contributed by atoms with Crippen LogP contribution in [-0.2, 0) is 4.74 Å². The summed E-state index contributed by atoms with van der Waals surface area (Å²) in [5.74, 6) is 0.462. The number of methoxy groups -OCH3 is 1. The quantitative estimate of drug-likeness (QED) is 0.773. The maximum absolute atomic E-state index is 10.9. The standard InChI is InChI=1S/C17H32O2/c1-16(2)10-12-17(19-3,13-11-16)15(18)14-8-6-4-5-7-9-14/h14-15,18H,4-13H2,1-3H3. The van der Waals surface area contributed by atoms with E-state index in [1.807, 2.05) is 0 Å². The van der Waals surface area contributed by atoms with Crippen LogP contribution in [0.3, 0.4) is 0 Å². The van der Waals surface area contributed by atoms with Crippen molar-refractivity contribution < 1.29 is 9.84 Å². The van der Waals surface area contributed by atoms with E-state index in [0.29, 0.717) is 11.3 Å². The molecule has 0 aromatic rings. The molecular weight excluding hydrogens is 236 g/mol. The first-order chi connectivity index (χ1) is 8.99. The van der Waals surface area contributed by atoms with E-state index in [1.54, 1.807) is 7.11 Å². The molecule has 0 radical (unpaired) electrons. The molecule has 1 unspecified atom stereocenters. The largest absolute Gasteiger partial charge is 0.390 e. The molecule has 2 rings (SSSR count). The molecule has 0 spiro atoms. The number of ether oxygens (including phenoxy) is 1.